The smallest absolute Gasteiger partial charge is 0.224 e. The molecule has 0 radical (unpaired) electrons. The maximum atomic E-state index is 5.79. The Labute approximate surface area is 119 Å². The second-order valence-electron chi connectivity index (χ2n) is 5.00. The number of nitrogens with one attached hydrogen (secondary N) is 1. The summed E-state index contributed by atoms with van der Waals surface area (Å²) in [7, 11) is 2.60. The number of ether oxygens (including phenoxy) is 1. The molecule has 0 bridgehead atoms. The Morgan fingerprint density at radius 2 is 2.30 bits per heavy atom. The van der Waals surface area contributed by atoms with Crippen molar-refractivity contribution in [2.24, 2.45) is 0 Å². The summed E-state index contributed by atoms with van der Waals surface area (Å²) in [6.07, 6.45) is 4.57. The third-order valence-corrected chi connectivity index (χ3v) is 3.65. The highest BCUT2D eigenvalue weighted by atomic mass is 31.0. The fourth-order valence-corrected chi connectivity index (χ4v) is 2.70. The van der Waals surface area contributed by atoms with E-state index in [4.69, 9.17) is 10.5 Å². The van der Waals surface area contributed by atoms with Crippen molar-refractivity contribution in [1.29, 1.82) is 0 Å². The van der Waals surface area contributed by atoms with Crippen LogP contribution in [0.5, 0.6) is 0 Å². The van der Waals surface area contributed by atoms with E-state index in [1.165, 1.54) is 0 Å². The first-order valence-corrected chi connectivity index (χ1v) is 7.55. The number of hydrogen-bond donors (Lipinski definition) is 2. The van der Waals surface area contributed by atoms with Crippen molar-refractivity contribution >= 4 is 32.2 Å². The molecular formula is C12H19N6OP. The largest absolute Gasteiger partial charge is 0.369 e. The van der Waals surface area contributed by atoms with Gasteiger partial charge in [0.05, 0.1) is 24.8 Å². The van der Waals surface area contributed by atoms with Crippen molar-refractivity contribution in [1.82, 2.24) is 19.5 Å². The lowest BCUT2D eigenvalue weighted by Gasteiger charge is -2.16. The summed E-state index contributed by atoms with van der Waals surface area (Å²) in [5, 5.41) is 3.17. The molecule has 20 heavy (non-hydrogen) atoms. The van der Waals surface area contributed by atoms with Gasteiger partial charge in [-0.25, -0.2) is 4.98 Å². The average Bonchev–Trinajstić information content (AvgIpc) is 3.05. The zero-order valence-electron chi connectivity index (χ0n) is 11.5. The van der Waals surface area contributed by atoms with Crippen LogP contribution in [0.15, 0.2) is 6.33 Å². The minimum Gasteiger partial charge on any atom is -0.369 e. The van der Waals surface area contributed by atoms with Gasteiger partial charge in [-0.15, -0.1) is 9.24 Å². The summed E-state index contributed by atoms with van der Waals surface area (Å²) < 4.78 is 7.80. The molecule has 2 aromatic heterocycles. The Hall–Kier alpha value is -1.46. The highest BCUT2D eigenvalue weighted by Crippen LogP contribution is 2.42. The zero-order valence-corrected chi connectivity index (χ0v) is 12.6. The van der Waals surface area contributed by atoms with Gasteiger partial charge in [-0.1, -0.05) is 0 Å². The maximum Gasteiger partial charge on any atom is 0.224 e. The van der Waals surface area contributed by atoms with Gasteiger partial charge in [-0.3, -0.25) is 0 Å². The molecule has 0 aromatic carbocycles. The van der Waals surface area contributed by atoms with Crippen molar-refractivity contribution in [3.05, 3.63) is 6.33 Å². The molecule has 1 saturated carbocycles. The van der Waals surface area contributed by atoms with Gasteiger partial charge in [0.15, 0.2) is 17.0 Å². The molecular weight excluding hydrogens is 275 g/mol. The van der Waals surface area contributed by atoms with E-state index < -0.39 is 0 Å². The first kappa shape index (κ1) is 13.5. The van der Waals surface area contributed by atoms with Crippen LogP contribution in [0.2, 0.25) is 0 Å². The summed E-state index contributed by atoms with van der Waals surface area (Å²) in [6, 6.07) is 0. The van der Waals surface area contributed by atoms with Crippen molar-refractivity contribution in [2.75, 3.05) is 23.9 Å². The molecule has 3 N–H and O–H groups in total. The van der Waals surface area contributed by atoms with Crippen molar-refractivity contribution in [3.8, 4) is 0 Å². The number of anilines is 2. The van der Waals surface area contributed by atoms with Crippen LogP contribution < -0.4 is 11.1 Å². The maximum absolute atomic E-state index is 5.79. The first-order chi connectivity index (χ1) is 9.67. The van der Waals surface area contributed by atoms with Crippen molar-refractivity contribution in [3.63, 3.8) is 0 Å². The fourth-order valence-electron chi connectivity index (χ4n) is 2.34. The van der Waals surface area contributed by atoms with Crippen LogP contribution >= 0.6 is 9.24 Å². The summed E-state index contributed by atoms with van der Waals surface area (Å²) in [4.78, 5) is 12.9. The lowest BCUT2D eigenvalue weighted by atomic mass is 10.3. The number of nitrogens with zero attached hydrogens (tertiary/aromatic N) is 4. The van der Waals surface area contributed by atoms with E-state index in [-0.39, 0.29) is 11.5 Å². The van der Waals surface area contributed by atoms with Crippen LogP contribution in [-0.2, 0) is 11.3 Å². The van der Waals surface area contributed by atoms with Crippen LogP contribution in [0.4, 0.5) is 11.8 Å². The molecule has 108 valence electrons. The number of nitrogen functional groups attached to an aromatic ring is 1. The average molecular weight is 294 g/mol. The summed E-state index contributed by atoms with van der Waals surface area (Å²) in [5.41, 5.74) is 7.23. The van der Waals surface area contributed by atoms with E-state index in [1.807, 2.05) is 11.5 Å². The van der Waals surface area contributed by atoms with E-state index in [0.717, 1.165) is 37.1 Å². The second kappa shape index (κ2) is 5.14. The molecule has 1 aliphatic rings. The monoisotopic (exact) mass is 294 g/mol. The van der Waals surface area contributed by atoms with E-state index >= 15 is 0 Å². The lowest BCUT2D eigenvalue weighted by molar-refractivity contribution is 0.0541. The zero-order chi connectivity index (χ0) is 14.2. The number of aromatic nitrogens is 4. The number of nitrogens with two attached hydrogens (primary N) is 1. The van der Waals surface area contributed by atoms with E-state index in [0.29, 0.717) is 12.2 Å². The number of imidazole rings is 1. The van der Waals surface area contributed by atoms with Gasteiger partial charge >= 0.3 is 0 Å². The van der Waals surface area contributed by atoms with Crippen LogP contribution in [-0.4, -0.2) is 38.0 Å². The molecule has 1 unspecified atom stereocenters. The fraction of sp³-hybridized carbons (Fsp3) is 0.583. The van der Waals surface area contributed by atoms with Crippen LogP contribution in [0.3, 0.4) is 0 Å². The molecule has 0 saturated heterocycles. The number of rotatable bonds is 6. The third-order valence-electron chi connectivity index (χ3n) is 3.48. The summed E-state index contributed by atoms with van der Waals surface area (Å²) in [5.74, 6) is 0.942. The molecule has 1 atom stereocenters. The van der Waals surface area contributed by atoms with Crippen molar-refractivity contribution in [2.45, 2.75) is 31.9 Å². The highest BCUT2D eigenvalue weighted by Gasteiger charge is 2.44. The molecule has 0 amide bonds. The molecule has 1 fully saturated rings. The molecule has 2 heterocycles. The van der Waals surface area contributed by atoms with Gasteiger partial charge in [-0.05, 0) is 19.8 Å². The lowest BCUT2D eigenvalue weighted by Crippen LogP contribution is -2.21. The Kier molecular flexibility index (Phi) is 3.48. The molecule has 0 aliphatic heterocycles. The minimum absolute atomic E-state index is 0.0621. The Balaban J connectivity index is 1.96. The van der Waals surface area contributed by atoms with Crippen LogP contribution in [0, 0.1) is 0 Å². The molecule has 2 aromatic rings. The van der Waals surface area contributed by atoms with E-state index in [1.54, 1.807) is 6.33 Å². The van der Waals surface area contributed by atoms with Gasteiger partial charge in [-0.2, -0.15) is 9.97 Å². The van der Waals surface area contributed by atoms with Crippen molar-refractivity contribution < 1.29 is 4.74 Å². The Morgan fingerprint density at radius 1 is 1.50 bits per heavy atom. The number of fused-ring (bicyclic) bond motifs is 1. The number of hydrogen-bond acceptors (Lipinski definition) is 6. The van der Waals surface area contributed by atoms with E-state index in [9.17, 15) is 0 Å². The normalized spacial score (nSPS) is 16.5. The standard InChI is InChI=1S/C12H19N6OP/c1-2-14-9-8-10(17-11(13)16-9)18(6-15-8)5-12(3-4-12)19-7-20/h6H,2-5,7,20H2,1H3,(H3,13,14,16,17). The van der Waals surface area contributed by atoms with Gasteiger partial charge in [0.25, 0.3) is 0 Å². The second-order valence-corrected chi connectivity index (χ2v) is 5.33. The highest BCUT2D eigenvalue weighted by molar-refractivity contribution is 7.16. The molecule has 3 rings (SSSR count). The predicted molar refractivity (Wildman–Crippen MR) is 81.5 cm³/mol. The third kappa shape index (κ3) is 2.43. The van der Waals surface area contributed by atoms with Crippen LogP contribution in [0.25, 0.3) is 11.2 Å². The quantitative estimate of drug-likeness (QED) is 0.778. The first-order valence-electron chi connectivity index (χ1n) is 6.74. The SMILES string of the molecule is CCNc1nc(N)nc2c1ncn2CC1(OCP)CC1. The Bertz CT molecular complexity index is 624. The molecule has 7 nitrogen and oxygen atoms in total. The van der Waals surface area contributed by atoms with Gasteiger partial charge in [0, 0.05) is 6.54 Å². The molecule has 1 aliphatic carbocycles. The van der Waals surface area contributed by atoms with Gasteiger partial charge in [0.1, 0.15) is 0 Å². The minimum atomic E-state index is -0.0621. The van der Waals surface area contributed by atoms with E-state index in [2.05, 4.69) is 29.5 Å². The van der Waals surface area contributed by atoms with Gasteiger partial charge < -0.3 is 20.4 Å². The summed E-state index contributed by atoms with van der Waals surface area (Å²) in [6.45, 7) is 3.52. The summed E-state index contributed by atoms with van der Waals surface area (Å²) >= 11 is 0. The molecule has 0 spiro atoms. The van der Waals surface area contributed by atoms with Crippen LogP contribution in [0.1, 0.15) is 19.8 Å². The Morgan fingerprint density at radius 3 is 2.95 bits per heavy atom. The topological polar surface area (TPSA) is 90.9 Å². The predicted octanol–water partition coefficient (Wildman–Crippen LogP) is 1.22. The van der Waals surface area contributed by atoms with Gasteiger partial charge in [0.2, 0.25) is 5.95 Å². The molecule has 8 heteroatoms.